The summed E-state index contributed by atoms with van der Waals surface area (Å²) in [6.07, 6.45) is -3.37. The second-order valence-electron chi connectivity index (χ2n) is 13.5. The number of carbonyl (C=O) groups is 3. The van der Waals surface area contributed by atoms with Gasteiger partial charge in [0.15, 0.2) is 81.2 Å². The minimum absolute atomic E-state index is 0.123. The largest absolute Gasteiger partial charge is 0.465 e. The number of benzene rings is 5. The van der Waals surface area contributed by atoms with Crippen molar-refractivity contribution in [1.82, 2.24) is 0 Å². The van der Waals surface area contributed by atoms with Crippen molar-refractivity contribution in [3.63, 3.8) is 0 Å². The maximum Gasteiger partial charge on any atom is 0.345 e. The average Bonchev–Trinajstić information content (AvgIpc) is 3.31. The van der Waals surface area contributed by atoms with Gasteiger partial charge in [0.1, 0.15) is 58.4 Å². The fourth-order valence-corrected chi connectivity index (χ4v) is 7.56. The third-order valence-corrected chi connectivity index (χ3v) is 10.4. The maximum atomic E-state index is 15.4. The number of hydrogen-bond acceptors (Lipinski definition) is 5. The zero-order chi connectivity index (χ0) is 51.1. The summed E-state index contributed by atoms with van der Waals surface area (Å²) in [5.41, 5.74) is -14.1. The molecule has 0 bridgehead atoms. The summed E-state index contributed by atoms with van der Waals surface area (Å²) < 4.78 is 303. The Morgan fingerprint density at radius 2 is 0.627 bits per heavy atom. The Balaban J connectivity index is 0.000000374. The van der Waals surface area contributed by atoms with E-state index in [-0.39, 0.29) is 27.8 Å². The minimum atomic E-state index is -7.22. The Morgan fingerprint density at radius 3 is 0.836 bits per heavy atom. The molecule has 0 aliphatic rings. The van der Waals surface area contributed by atoms with Crippen LogP contribution in [-0.2, 0) is 30.0 Å². The van der Waals surface area contributed by atoms with Crippen molar-refractivity contribution in [1.29, 1.82) is 0 Å². The van der Waals surface area contributed by atoms with E-state index in [4.69, 9.17) is 0 Å². The van der Waals surface area contributed by atoms with Crippen molar-refractivity contribution in [2.45, 2.75) is 0 Å². The summed E-state index contributed by atoms with van der Waals surface area (Å²) in [4.78, 5) is 36.6. The highest BCUT2D eigenvalue weighted by Crippen LogP contribution is 2.31. The number of hydrogen-bond donors (Lipinski definition) is 0. The first kappa shape index (κ1) is 53.1. The zero-order valence-corrected chi connectivity index (χ0v) is 34.0. The summed E-state index contributed by atoms with van der Waals surface area (Å²) in [6, 6.07) is 8.50. The normalized spacial score (nSPS) is 11.4. The van der Waals surface area contributed by atoms with Gasteiger partial charge in [-0.05, 0) is 10.9 Å². The van der Waals surface area contributed by atoms with Crippen LogP contribution in [0.5, 0.6) is 0 Å². The molecule has 0 fully saturated rings. The third-order valence-electron chi connectivity index (χ3n) is 9.53. The van der Waals surface area contributed by atoms with Crippen molar-refractivity contribution < 1.29 is 112 Å². The van der Waals surface area contributed by atoms with Crippen molar-refractivity contribution >= 4 is 56.6 Å². The number of ketones is 1. The van der Waals surface area contributed by atoms with Crippen LogP contribution < -0.4 is 21.9 Å². The molecule has 0 aromatic heterocycles. The van der Waals surface area contributed by atoms with Crippen LogP contribution in [0, 0.1) is 116 Å². The molecule has 358 valence electrons. The Morgan fingerprint density at radius 1 is 0.403 bits per heavy atom. The first-order valence-electron chi connectivity index (χ1n) is 17.4. The molecule has 0 saturated heterocycles. The van der Waals surface area contributed by atoms with Crippen LogP contribution in [0.2, 0.25) is 0 Å². The van der Waals surface area contributed by atoms with E-state index in [1.807, 2.05) is 12.5 Å². The minimum Gasteiger partial charge on any atom is -0.465 e. The molecule has 0 spiro atoms. The Hall–Kier alpha value is -6.54. The summed E-state index contributed by atoms with van der Waals surface area (Å²) >= 11 is 0. The number of methoxy groups -OCH3 is 2. The van der Waals surface area contributed by atoms with Crippen LogP contribution in [-0.4, -0.2) is 56.4 Å². The van der Waals surface area contributed by atoms with Gasteiger partial charge in [-0.2, -0.15) is 0 Å². The molecular weight excluding hydrogens is 983 g/mol. The summed E-state index contributed by atoms with van der Waals surface area (Å²) in [5.74, 6) is -73.2. The van der Waals surface area contributed by atoms with Crippen LogP contribution >= 0.6 is 0 Å². The van der Waals surface area contributed by atoms with Crippen LogP contribution in [0.1, 0.15) is 10.4 Å². The van der Waals surface area contributed by atoms with Gasteiger partial charge in [-0.25, -0.2) is 97.4 Å². The second kappa shape index (κ2) is 20.1. The number of esters is 2. The molecule has 0 atom stereocenters. The van der Waals surface area contributed by atoms with Crippen molar-refractivity contribution in [2.75, 3.05) is 32.5 Å². The van der Waals surface area contributed by atoms with Gasteiger partial charge in [-0.3, -0.25) is 4.79 Å². The maximum absolute atomic E-state index is 15.4. The zero-order valence-electron chi connectivity index (χ0n) is 33.2. The van der Waals surface area contributed by atoms with E-state index in [1.54, 1.807) is 30.3 Å². The van der Waals surface area contributed by atoms with E-state index in [2.05, 4.69) is 9.47 Å². The predicted octanol–water partition coefficient (Wildman–Crippen LogP) is 7.24. The Bertz CT molecular complexity index is 2490. The van der Waals surface area contributed by atoms with Crippen molar-refractivity contribution in [2.24, 2.45) is 0 Å². The molecule has 5 aromatic rings. The number of ether oxygens (including phenoxy) is 2. The van der Waals surface area contributed by atoms with E-state index < -0.39 is 156 Å². The monoisotopic (exact) mass is 1000 g/mol. The smallest absolute Gasteiger partial charge is 0.345 e. The molecule has 0 aliphatic carbocycles. The van der Waals surface area contributed by atoms with E-state index in [9.17, 15) is 67.1 Å². The van der Waals surface area contributed by atoms with Gasteiger partial charge in [-0.15, -0.1) is 21.9 Å². The molecule has 0 radical (unpaired) electrons. The van der Waals surface area contributed by atoms with Crippen LogP contribution in [0.4, 0.5) is 87.8 Å². The lowest BCUT2D eigenvalue weighted by Gasteiger charge is -2.44. The highest BCUT2D eigenvalue weighted by molar-refractivity contribution is 7.95. The Labute approximate surface area is 363 Å². The van der Waals surface area contributed by atoms with Gasteiger partial charge < -0.3 is 9.47 Å². The lowest BCUT2D eigenvalue weighted by atomic mass is 9.12. The average molecular weight is 1000 g/mol. The number of rotatable bonds is 10. The fraction of sp³-hybridized carbons (Fsp3) is 0.125. The van der Waals surface area contributed by atoms with Gasteiger partial charge >= 0.3 is 11.9 Å². The van der Waals surface area contributed by atoms with E-state index >= 15 is 35.1 Å². The SMILES string of the molecule is COC(=O)C(C(=O)OC)=C(C[S+](C)C)C(=O)c1ccccc1.Fc1c(F)c(F)c([B-](c2c(F)c(F)c(F)c(F)c2F)(c2c(F)c(F)c(F)c(F)c2F)c2c(F)c(F)c(F)c(F)c2F)c(F)c1F. The first-order chi connectivity index (χ1) is 31.1. The lowest BCUT2D eigenvalue weighted by molar-refractivity contribution is -0.144. The summed E-state index contributed by atoms with van der Waals surface area (Å²) in [5, 5.41) is 0. The first-order valence-corrected chi connectivity index (χ1v) is 19.6. The van der Waals surface area contributed by atoms with Crippen molar-refractivity contribution in [3.8, 4) is 0 Å². The fourth-order valence-electron chi connectivity index (χ4n) is 6.71. The molecule has 5 aromatic carbocycles. The summed E-state index contributed by atoms with van der Waals surface area (Å²) in [6.45, 7) is 0. The Kier molecular flexibility index (Phi) is 16.0. The molecule has 5 nitrogen and oxygen atoms in total. The highest BCUT2D eigenvalue weighted by atomic mass is 32.2. The number of Topliss-reactive ketones (excluding diaryl/α,β-unsaturated/α-hetero) is 1. The third kappa shape index (κ3) is 8.79. The molecule has 5 rings (SSSR count). The molecule has 0 amide bonds. The van der Waals surface area contributed by atoms with Crippen LogP contribution in [0.3, 0.4) is 0 Å². The molecule has 0 saturated carbocycles. The van der Waals surface area contributed by atoms with Gasteiger partial charge in [0.25, 0.3) is 0 Å². The van der Waals surface area contributed by atoms with Crippen LogP contribution in [0.15, 0.2) is 41.5 Å². The van der Waals surface area contributed by atoms with E-state index in [1.165, 1.54) is 0 Å². The van der Waals surface area contributed by atoms with Gasteiger partial charge in [0.05, 0.1) is 32.3 Å². The van der Waals surface area contributed by atoms with Gasteiger partial charge in [-0.1, -0.05) is 30.3 Å². The summed E-state index contributed by atoms with van der Waals surface area (Å²) in [7, 11) is 2.13. The molecule has 0 aliphatic heterocycles. The van der Waals surface area contributed by atoms with Crippen molar-refractivity contribution in [3.05, 3.63) is 163 Å². The lowest BCUT2D eigenvalue weighted by Crippen LogP contribution is -2.81. The molecular formula is C40H19BF20O5S. The molecule has 0 heterocycles. The molecule has 0 unspecified atom stereocenters. The number of carbonyl (C=O) groups excluding carboxylic acids is 3. The standard InChI is InChI=1S/C24BF20.C16H19O5S/c26-5-1(6(27)14(35)21(42)13(5)34)25(2-7(28)15(36)22(43)16(37)8(2)29,3-9(30)17(38)23(44)18(39)10(3)31)4-11(32)19(40)24(45)20(41)12(4)33;1-20-15(18)13(16(19)21-2)12(10-22(3)4)14(17)11-8-6-5-7-9-11/h;5-9H,10H2,1-4H3/q-1;+1. The second-order valence-corrected chi connectivity index (χ2v) is 15.7. The molecule has 27 heteroatoms. The molecule has 67 heavy (non-hydrogen) atoms. The van der Waals surface area contributed by atoms with E-state index in [0.29, 0.717) is 11.3 Å². The quantitative estimate of drug-likeness (QED) is 0.0141. The number of halogens is 20. The van der Waals surface area contributed by atoms with E-state index in [0.717, 1.165) is 14.2 Å². The predicted molar refractivity (Wildman–Crippen MR) is 195 cm³/mol. The van der Waals surface area contributed by atoms with Gasteiger partial charge in [0.2, 0.25) is 0 Å². The molecule has 0 N–H and O–H groups in total. The van der Waals surface area contributed by atoms with Gasteiger partial charge in [0, 0.05) is 5.56 Å². The highest BCUT2D eigenvalue weighted by Gasteiger charge is 2.52. The topological polar surface area (TPSA) is 69.7 Å². The van der Waals surface area contributed by atoms with Crippen LogP contribution in [0.25, 0.3) is 0 Å².